The van der Waals surface area contributed by atoms with E-state index in [1.165, 1.54) is 18.2 Å². The van der Waals surface area contributed by atoms with Crippen LogP contribution in [0.25, 0.3) is 0 Å². The number of carbonyl (C=O) groups is 1. The number of nitro groups is 1. The summed E-state index contributed by atoms with van der Waals surface area (Å²) in [4.78, 5) is 21.2. The van der Waals surface area contributed by atoms with Gasteiger partial charge >= 0.3 is 11.7 Å². The number of para-hydroxylation sites is 1. The van der Waals surface area contributed by atoms with Gasteiger partial charge in [-0.1, -0.05) is 24.3 Å². The van der Waals surface area contributed by atoms with Crippen molar-refractivity contribution < 1.29 is 19.6 Å². The average Bonchev–Trinajstić information content (AvgIpc) is 2.46. The molecule has 0 aromatic heterocycles. The molecule has 21 heavy (non-hydrogen) atoms. The van der Waals surface area contributed by atoms with Crippen molar-refractivity contribution >= 4 is 11.7 Å². The van der Waals surface area contributed by atoms with Crippen LogP contribution in [-0.4, -0.2) is 16.0 Å². The van der Waals surface area contributed by atoms with Gasteiger partial charge in [0.1, 0.15) is 6.61 Å². The molecule has 0 heterocycles. The number of carboxylic acids is 1. The van der Waals surface area contributed by atoms with E-state index in [0.29, 0.717) is 5.56 Å². The van der Waals surface area contributed by atoms with Gasteiger partial charge in [0.15, 0.2) is 5.75 Å². The smallest absolute Gasteiger partial charge is 0.335 e. The van der Waals surface area contributed by atoms with Gasteiger partial charge in [-0.15, -0.1) is 0 Å². The molecule has 0 saturated carbocycles. The molecule has 2 rings (SSSR count). The zero-order valence-corrected chi connectivity index (χ0v) is 11.3. The Morgan fingerprint density at radius 3 is 2.48 bits per heavy atom. The molecule has 0 atom stereocenters. The van der Waals surface area contributed by atoms with Gasteiger partial charge < -0.3 is 9.84 Å². The van der Waals surface area contributed by atoms with Crippen molar-refractivity contribution in [3.8, 4) is 5.75 Å². The minimum absolute atomic E-state index is 0.0860. The standard InChI is InChI=1S/C15H13NO5/c1-10-3-2-4-13(16(19)20)14(10)21-9-11-5-7-12(8-6-11)15(17)18/h2-8H,9H2,1H3,(H,17,18). The van der Waals surface area contributed by atoms with Crippen LogP contribution >= 0.6 is 0 Å². The van der Waals surface area contributed by atoms with Crippen molar-refractivity contribution in [2.45, 2.75) is 13.5 Å². The van der Waals surface area contributed by atoms with E-state index in [-0.39, 0.29) is 23.6 Å². The summed E-state index contributed by atoms with van der Waals surface area (Å²) in [6.45, 7) is 1.86. The molecule has 0 radical (unpaired) electrons. The second-order valence-corrected chi connectivity index (χ2v) is 4.47. The van der Waals surface area contributed by atoms with Crippen molar-refractivity contribution in [3.05, 3.63) is 69.3 Å². The monoisotopic (exact) mass is 287 g/mol. The van der Waals surface area contributed by atoms with Gasteiger partial charge in [-0.3, -0.25) is 10.1 Å². The highest BCUT2D eigenvalue weighted by Crippen LogP contribution is 2.30. The Bertz CT molecular complexity index is 679. The maximum Gasteiger partial charge on any atom is 0.335 e. The minimum atomic E-state index is -1.00. The topological polar surface area (TPSA) is 89.7 Å². The SMILES string of the molecule is Cc1cccc([N+](=O)[O-])c1OCc1ccc(C(=O)O)cc1. The molecule has 0 fully saturated rings. The van der Waals surface area contributed by atoms with Crippen molar-refractivity contribution in [3.63, 3.8) is 0 Å². The van der Waals surface area contributed by atoms with Gasteiger partial charge in [0, 0.05) is 6.07 Å². The highest BCUT2D eigenvalue weighted by atomic mass is 16.6. The van der Waals surface area contributed by atoms with Crippen molar-refractivity contribution in [2.75, 3.05) is 0 Å². The summed E-state index contributed by atoms with van der Waals surface area (Å²) in [5.41, 5.74) is 1.50. The molecule has 0 saturated heterocycles. The lowest BCUT2D eigenvalue weighted by Crippen LogP contribution is -2.02. The lowest BCUT2D eigenvalue weighted by molar-refractivity contribution is -0.386. The summed E-state index contributed by atoms with van der Waals surface area (Å²) < 4.78 is 5.53. The summed E-state index contributed by atoms with van der Waals surface area (Å²) >= 11 is 0. The van der Waals surface area contributed by atoms with E-state index in [1.54, 1.807) is 31.2 Å². The lowest BCUT2D eigenvalue weighted by atomic mass is 10.1. The molecule has 1 N–H and O–H groups in total. The number of nitrogens with zero attached hydrogens (tertiary/aromatic N) is 1. The molecule has 0 bridgehead atoms. The van der Waals surface area contributed by atoms with Gasteiger partial charge in [-0.2, -0.15) is 0 Å². The fourth-order valence-electron chi connectivity index (χ4n) is 1.87. The number of nitro benzene ring substituents is 1. The number of aromatic carboxylic acids is 1. The second-order valence-electron chi connectivity index (χ2n) is 4.47. The second kappa shape index (κ2) is 6.04. The lowest BCUT2D eigenvalue weighted by Gasteiger charge is -2.09. The number of carboxylic acid groups (broad SMARTS) is 1. The Morgan fingerprint density at radius 1 is 1.24 bits per heavy atom. The zero-order valence-electron chi connectivity index (χ0n) is 11.3. The molecule has 0 aliphatic rings. The summed E-state index contributed by atoms with van der Waals surface area (Å²) in [6.07, 6.45) is 0. The molecule has 2 aromatic carbocycles. The molecular weight excluding hydrogens is 274 g/mol. The van der Waals surface area contributed by atoms with Crippen LogP contribution in [0.3, 0.4) is 0 Å². The molecule has 2 aromatic rings. The zero-order chi connectivity index (χ0) is 15.4. The first-order valence-corrected chi connectivity index (χ1v) is 6.18. The number of benzene rings is 2. The number of rotatable bonds is 5. The Morgan fingerprint density at radius 2 is 1.90 bits per heavy atom. The summed E-state index contributed by atoms with van der Waals surface area (Å²) in [7, 11) is 0. The fourth-order valence-corrected chi connectivity index (χ4v) is 1.87. The Balaban J connectivity index is 2.16. The highest BCUT2D eigenvalue weighted by Gasteiger charge is 2.16. The van der Waals surface area contributed by atoms with Crippen LogP contribution in [0.4, 0.5) is 5.69 Å². The van der Waals surface area contributed by atoms with Gasteiger partial charge in [0.05, 0.1) is 10.5 Å². The molecule has 0 unspecified atom stereocenters. The van der Waals surface area contributed by atoms with E-state index in [2.05, 4.69) is 0 Å². The van der Waals surface area contributed by atoms with E-state index in [9.17, 15) is 14.9 Å². The fraction of sp³-hybridized carbons (Fsp3) is 0.133. The van der Waals surface area contributed by atoms with E-state index in [1.807, 2.05) is 0 Å². The molecule has 0 aliphatic carbocycles. The van der Waals surface area contributed by atoms with Crippen LogP contribution in [0.2, 0.25) is 0 Å². The molecule has 0 spiro atoms. The van der Waals surface area contributed by atoms with Crippen molar-refractivity contribution in [1.82, 2.24) is 0 Å². The molecule has 108 valence electrons. The largest absolute Gasteiger partial charge is 0.482 e. The number of hydrogen-bond acceptors (Lipinski definition) is 4. The van der Waals surface area contributed by atoms with E-state index in [4.69, 9.17) is 9.84 Å². The normalized spacial score (nSPS) is 10.1. The van der Waals surface area contributed by atoms with E-state index < -0.39 is 10.9 Å². The maximum absolute atomic E-state index is 11.0. The van der Waals surface area contributed by atoms with Gasteiger partial charge in [0.25, 0.3) is 0 Å². The maximum atomic E-state index is 11.0. The van der Waals surface area contributed by atoms with Crippen LogP contribution in [0, 0.1) is 17.0 Å². The molecule has 0 aliphatic heterocycles. The Kier molecular flexibility index (Phi) is 4.18. The minimum Gasteiger partial charge on any atom is -0.482 e. The van der Waals surface area contributed by atoms with Gasteiger partial charge in [-0.05, 0) is 30.2 Å². The predicted molar refractivity (Wildman–Crippen MR) is 75.6 cm³/mol. The Hall–Kier alpha value is -2.89. The first-order valence-electron chi connectivity index (χ1n) is 6.18. The van der Waals surface area contributed by atoms with Crippen molar-refractivity contribution in [2.24, 2.45) is 0 Å². The third-order valence-corrected chi connectivity index (χ3v) is 2.97. The average molecular weight is 287 g/mol. The predicted octanol–water partition coefficient (Wildman–Crippen LogP) is 3.18. The summed E-state index contributed by atoms with van der Waals surface area (Å²) in [5.74, 6) is -0.776. The highest BCUT2D eigenvalue weighted by molar-refractivity contribution is 5.87. The number of aryl methyl sites for hydroxylation is 1. The number of hydrogen-bond donors (Lipinski definition) is 1. The first kappa shape index (κ1) is 14.5. The third-order valence-electron chi connectivity index (χ3n) is 2.97. The quantitative estimate of drug-likeness (QED) is 0.673. The Labute approximate surface area is 120 Å². The molecule has 0 amide bonds. The van der Waals surface area contributed by atoms with Crippen LogP contribution < -0.4 is 4.74 Å². The van der Waals surface area contributed by atoms with Crippen LogP contribution in [0.15, 0.2) is 42.5 Å². The molecule has 6 nitrogen and oxygen atoms in total. The van der Waals surface area contributed by atoms with Gasteiger partial charge in [-0.25, -0.2) is 4.79 Å². The van der Waals surface area contributed by atoms with Crippen LogP contribution in [0.1, 0.15) is 21.5 Å². The van der Waals surface area contributed by atoms with Crippen molar-refractivity contribution in [1.29, 1.82) is 0 Å². The van der Waals surface area contributed by atoms with E-state index in [0.717, 1.165) is 5.56 Å². The first-order chi connectivity index (χ1) is 9.99. The number of ether oxygens (including phenoxy) is 1. The third kappa shape index (κ3) is 3.36. The summed E-state index contributed by atoms with van der Waals surface area (Å²) in [5, 5.41) is 19.8. The van der Waals surface area contributed by atoms with Crippen LogP contribution in [-0.2, 0) is 6.61 Å². The summed E-state index contributed by atoms with van der Waals surface area (Å²) in [6, 6.07) is 10.9. The molecule has 6 heteroatoms. The van der Waals surface area contributed by atoms with Gasteiger partial charge in [0.2, 0.25) is 0 Å². The van der Waals surface area contributed by atoms with Crippen LogP contribution in [0.5, 0.6) is 5.75 Å². The molecular formula is C15H13NO5. The van der Waals surface area contributed by atoms with E-state index >= 15 is 0 Å².